The van der Waals surface area contributed by atoms with Crippen molar-refractivity contribution in [2.75, 3.05) is 25.0 Å². The van der Waals surface area contributed by atoms with Crippen LogP contribution in [0, 0.1) is 0 Å². The molecule has 0 fully saturated rings. The minimum atomic E-state index is 0.649. The molecule has 1 rings (SSSR count). The smallest absolute Gasteiger partial charge is 0.204 e. The van der Waals surface area contributed by atoms with Crippen LogP contribution in [0.5, 0.6) is 0 Å². The normalized spacial score (nSPS) is 9.80. The van der Waals surface area contributed by atoms with E-state index in [2.05, 4.69) is 9.36 Å². The maximum absolute atomic E-state index is 5.35. The maximum atomic E-state index is 5.35. The van der Waals surface area contributed by atoms with Crippen molar-refractivity contribution >= 4 is 16.7 Å². The molecule has 0 aliphatic carbocycles. The molecule has 10 heavy (non-hydrogen) atoms. The van der Waals surface area contributed by atoms with E-state index >= 15 is 0 Å². The largest absolute Gasteiger partial charge is 0.349 e. The van der Waals surface area contributed by atoms with Gasteiger partial charge in [-0.25, -0.2) is 4.98 Å². The summed E-state index contributed by atoms with van der Waals surface area (Å²) < 4.78 is 3.87. The Morgan fingerprint density at radius 1 is 1.80 bits per heavy atom. The van der Waals surface area contributed by atoms with E-state index in [1.54, 1.807) is 6.33 Å². The summed E-state index contributed by atoms with van der Waals surface area (Å²) in [4.78, 5) is 6.00. The van der Waals surface area contributed by atoms with Gasteiger partial charge in [-0.2, -0.15) is 4.37 Å². The highest BCUT2D eigenvalue weighted by Crippen LogP contribution is 2.10. The fraction of sp³-hybridized carbons (Fsp3) is 0.600. The molecule has 0 spiro atoms. The van der Waals surface area contributed by atoms with Gasteiger partial charge in [0.05, 0.1) is 0 Å². The Hall–Kier alpha value is -0.680. The topological polar surface area (TPSA) is 55.0 Å². The molecule has 1 aromatic heterocycles. The second-order valence-electron chi connectivity index (χ2n) is 1.93. The van der Waals surface area contributed by atoms with Gasteiger partial charge in [-0.15, -0.1) is 0 Å². The molecule has 5 heteroatoms. The summed E-state index contributed by atoms with van der Waals surface area (Å²) in [6.07, 6.45) is 1.55. The summed E-state index contributed by atoms with van der Waals surface area (Å²) in [7, 11) is 1.95. The lowest BCUT2D eigenvalue weighted by atomic mass is 10.6. The van der Waals surface area contributed by atoms with E-state index in [9.17, 15) is 0 Å². The van der Waals surface area contributed by atoms with E-state index in [-0.39, 0.29) is 0 Å². The molecule has 0 saturated heterocycles. The van der Waals surface area contributed by atoms with Crippen LogP contribution in [-0.4, -0.2) is 29.5 Å². The maximum Gasteiger partial charge on any atom is 0.204 e. The lowest BCUT2D eigenvalue weighted by Gasteiger charge is -2.12. The van der Waals surface area contributed by atoms with Gasteiger partial charge in [-0.1, -0.05) is 0 Å². The molecular weight excluding hydrogens is 148 g/mol. The molecule has 0 aliphatic rings. The zero-order valence-corrected chi connectivity index (χ0v) is 6.64. The van der Waals surface area contributed by atoms with Gasteiger partial charge in [-0.3, -0.25) is 0 Å². The number of rotatable bonds is 3. The Morgan fingerprint density at radius 3 is 3.10 bits per heavy atom. The molecule has 1 heterocycles. The summed E-state index contributed by atoms with van der Waals surface area (Å²) in [5, 5.41) is 0.922. The molecule has 1 aromatic rings. The van der Waals surface area contributed by atoms with Crippen molar-refractivity contribution in [1.29, 1.82) is 0 Å². The van der Waals surface area contributed by atoms with Crippen LogP contribution in [0.1, 0.15) is 0 Å². The van der Waals surface area contributed by atoms with Gasteiger partial charge in [0.2, 0.25) is 5.13 Å². The molecule has 0 amide bonds. The number of hydrogen-bond donors (Lipinski definition) is 1. The SMILES string of the molecule is CN(CCN)c1ncns1. The Labute approximate surface area is 63.8 Å². The molecule has 0 aliphatic heterocycles. The number of likely N-dealkylation sites (N-methyl/N-ethyl adjacent to an activating group) is 1. The second kappa shape index (κ2) is 3.48. The van der Waals surface area contributed by atoms with Crippen molar-refractivity contribution in [2.45, 2.75) is 0 Å². The molecule has 2 N–H and O–H groups in total. The first-order chi connectivity index (χ1) is 4.84. The Bertz CT molecular complexity index is 174. The van der Waals surface area contributed by atoms with Gasteiger partial charge >= 0.3 is 0 Å². The minimum Gasteiger partial charge on any atom is -0.349 e. The van der Waals surface area contributed by atoms with E-state index in [4.69, 9.17) is 5.73 Å². The van der Waals surface area contributed by atoms with Crippen molar-refractivity contribution in [3.8, 4) is 0 Å². The highest BCUT2D eigenvalue weighted by molar-refractivity contribution is 7.09. The fourth-order valence-electron chi connectivity index (χ4n) is 0.625. The van der Waals surface area contributed by atoms with E-state index in [1.807, 2.05) is 11.9 Å². The Morgan fingerprint density at radius 2 is 2.60 bits per heavy atom. The lowest BCUT2D eigenvalue weighted by molar-refractivity contribution is 0.880. The van der Waals surface area contributed by atoms with E-state index in [0.29, 0.717) is 6.54 Å². The summed E-state index contributed by atoms with van der Waals surface area (Å²) in [6, 6.07) is 0. The Balaban J connectivity index is 2.50. The molecule has 0 bridgehead atoms. The van der Waals surface area contributed by atoms with Crippen LogP contribution in [0.2, 0.25) is 0 Å². The zero-order valence-electron chi connectivity index (χ0n) is 5.82. The molecule has 56 valence electrons. The standard InChI is InChI=1S/C5H10N4S/c1-9(3-2-6)5-7-4-8-10-5/h4H,2-3,6H2,1H3. The van der Waals surface area contributed by atoms with Crippen LogP contribution in [-0.2, 0) is 0 Å². The third-order valence-corrected chi connectivity index (χ3v) is 1.92. The zero-order chi connectivity index (χ0) is 7.40. The van der Waals surface area contributed by atoms with E-state index < -0.39 is 0 Å². The van der Waals surface area contributed by atoms with Crippen molar-refractivity contribution in [3.05, 3.63) is 6.33 Å². The number of hydrogen-bond acceptors (Lipinski definition) is 5. The van der Waals surface area contributed by atoms with Crippen LogP contribution in [0.15, 0.2) is 6.33 Å². The van der Waals surface area contributed by atoms with Crippen LogP contribution < -0.4 is 10.6 Å². The van der Waals surface area contributed by atoms with Gasteiger partial charge in [0, 0.05) is 31.7 Å². The number of nitrogens with two attached hydrogens (primary N) is 1. The Kier molecular flexibility index (Phi) is 2.58. The third-order valence-electron chi connectivity index (χ3n) is 1.14. The average molecular weight is 158 g/mol. The molecule has 0 unspecified atom stereocenters. The number of anilines is 1. The first kappa shape index (κ1) is 7.43. The average Bonchev–Trinajstić information content (AvgIpc) is 2.38. The third kappa shape index (κ3) is 1.65. The van der Waals surface area contributed by atoms with Crippen LogP contribution >= 0.6 is 11.5 Å². The van der Waals surface area contributed by atoms with Gasteiger partial charge in [0.15, 0.2) is 0 Å². The second-order valence-corrected chi connectivity index (χ2v) is 2.69. The first-order valence-electron chi connectivity index (χ1n) is 3.02. The predicted octanol–water partition coefficient (Wildman–Crippen LogP) is -0.0670. The fourth-order valence-corrected chi connectivity index (χ4v) is 1.14. The van der Waals surface area contributed by atoms with Gasteiger partial charge in [-0.05, 0) is 0 Å². The number of aromatic nitrogens is 2. The van der Waals surface area contributed by atoms with E-state index in [1.165, 1.54) is 11.5 Å². The monoisotopic (exact) mass is 158 g/mol. The predicted molar refractivity (Wildman–Crippen MR) is 42.2 cm³/mol. The van der Waals surface area contributed by atoms with Gasteiger partial charge < -0.3 is 10.6 Å². The molecule has 0 atom stereocenters. The summed E-state index contributed by atoms with van der Waals surface area (Å²) >= 11 is 1.38. The summed E-state index contributed by atoms with van der Waals surface area (Å²) in [5.74, 6) is 0. The summed E-state index contributed by atoms with van der Waals surface area (Å²) in [5.41, 5.74) is 5.35. The molecule has 0 saturated carbocycles. The molecule has 0 radical (unpaired) electrons. The highest BCUT2D eigenvalue weighted by Gasteiger charge is 2.00. The number of nitrogens with zero attached hydrogens (tertiary/aromatic N) is 3. The highest BCUT2D eigenvalue weighted by atomic mass is 32.1. The van der Waals surface area contributed by atoms with Gasteiger partial charge in [0.25, 0.3) is 0 Å². The summed E-state index contributed by atoms with van der Waals surface area (Å²) in [6.45, 7) is 1.48. The molecule has 0 aromatic carbocycles. The molecular formula is C5H10N4S. The molecule has 4 nitrogen and oxygen atoms in total. The van der Waals surface area contributed by atoms with Crippen molar-refractivity contribution in [3.63, 3.8) is 0 Å². The van der Waals surface area contributed by atoms with E-state index in [0.717, 1.165) is 11.7 Å². The van der Waals surface area contributed by atoms with Crippen LogP contribution in [0.3, 0.4) is 0 Å². The minimum absolute atomic E-state index is 0.649. The quantitative estimate of drug-likeness (QED) is 0.669. The van der Waals surface area contributed by atoms with Crippen LogP contribution in [0.25, 0.3) is 0 Å². The lowest BCUT2D eigenvalue weighted by Crippen LogP contribution is -2.24. The van der Waals surface area contributed by atoms with Crippen LogP contribution in [0.4, 0.5) is 5.13 Å². The van der Waals surface area contributed by atoms with Gasteiger partial charge in [0.1, 0.15) is 6.33 Å². The van der Waals surface area contributed by atoms with Crippen molar-refractivity contribution in [1.82, 2.24) is 9.36 Å². The first-order valence-corrected chi connectivity index (χ1v) is 3.80. The van der Waals surface area contributed by atoms with Crippen molar-refractivity contribution < 1.29 is 0 Å². The van der Waals surface area contributed by atoms with Crippen molar-refractivity contribution in [2.24, 2.45) is 5.73 Å².